The van der Waals surface area contributed by atoms with Crippen LogP contribution >= 0.6 is 0 Å². The second-order valence-corrected chi connectivity index (χ2v) is 9.38. The van der Waals surface area contributed by atoms with E-state index in [1.807, 2.05) is 31.2 Å². The van der Waals surface area contributed by atoms with Gasteiger partial charge in [0.2, 0.25) is 0 Å². The largest absolute Gasteiger partial charge is 0.334 e. The van der Waals surface area contributed by atoms with Gasteiger partial charge in [-0.1, -0.05) is 18.2 Å². The fraction of sp³-hybridized carbons (Fsp3) is 0.421. The van der Waals surface area contributed by atoms with Crippen LogP contribution in [0, 0.1) is 6.92 Å². The first-order valence-electron chi connectivity index (χ1n) is 9.33. The minimum atomic E-state index is -3.29. The molecule has 1 fully saturated rings. The van der Waals surface area contributed by atoms with Gasteiger partial charge in [0.05, 0.1) is 22.9 Å². The van der Waals surface area contributed by atoms with Gasteiger partial charge in [0, 0.05) is 18.7 Å². The SMILES string of the molecule is Cc1ccccc1-n1nc2c(c1NC(=O)C(=O)N1CCCCC1)CS(=O)(=O)C2. The highest BCUT2D eigenvalue weighted by Gasteiger charge is 2.34. The average Bonchev–Trinajstić information content (AvgIpc) is 3.14. The van der Waals surface area contributed by atoms with Crippen molar-refractivity contribution in [3.8, 4) is 5.69 Å². The Kier molecular flexibility index (Phi) is 4.70. The number of nitrogens with one attached hydrogen (secondary N) is 1. The Morgan fingerprint density at radius 1 is 1.07 bits per heavy atom. The van der Waals surface area contributed by atoms with Crippen LogP contribution in [0.4, 0.5) is 5.82 Å². The molecule has 1 N–H and O–H groups in total. The van der Waals surface area contributed by atoms with Gasteiger partial charge in [0.25, 0.3) is 0 Å². The summed E-state index contributed by atoms with van der Waals surface area (Å²) in [6, 6.07) is 7.48. The highest BCUT2D eigenvalue weighted by molar-refractivity contribution is 7.90. The first-order chi connectivity index (χ1) is 13.4. The molecule has 0 spiro atoms. The number of likely N-dealkylation sites (tertiary alicyclic amines) is 1. The second kappa shape index (κ2) is 7.05. The summed E-state index contributed by atoms with van der Waals surface area (Å²) in [4.78, 5) is 26.7. The normalized spacial score (nSPS) is 18.0. The number of carbonyl (C=O) groups excluding carboxylic acids is 2. The zero-order valence-electron chi connectivity index (χ0n) is 15.6. The molecule has 1 aromatic carbocycles. The maximum absolute atomic E-state index is 12.6. The third kappa shape index (κ3) is 3.42. The molecule has 0 radical (unpaired) electrons. The molecule has 2 aliphatic rings. The van der Waals surface area contributed by atoms with E-state index in [2.05, 4.69) is 10.4 Å². The van der Waals surface area contributed by atoms with Gasteiger partial charge in [-0.3, -0.25) is 9.59 Å². The van der Waals surface area contributed by atoms with Crippen LogP contribution in [0.15, 0.2) is 24.3 Å². The number of sulfone groups is 1. The van der Waals surface area contributed by atoms with Crippen LogP contribution in [0.3, 0.4) is 0 Å². The van der Waals surface area contributed by atoms with E-state index >= 15 is 0 Å². The number of benzene rings is 1. The Hall–Kier alpha value is -2.68. The van der Waals surface area contributed by atoms with E-state index in [0.29, 0.717) is 24.3 Å². The molecular weight excluding hydrogens is 380 g/mol. The molecule has 8 nitrogen and oxygen atoms in total. The number of anilines is 1. The summed E-state index contributed by atoms with van der Waals surface area (Å²) in [7, 11) is -3.29. The number of rotatable bonds is 2. The topological polar surface area (TPSA) is 101 Å². The third-order valence-electron chi connectivity index (χ3n) is 5.20. The van der Waals surface area contributed by atoms with E-state index in [-0.39, 0.29) is 17.3 Å². The molecule has 0 bridgehead atoms. The zero-order chi connectivity index (χ0) is 19.9. The number of hydrogen-bond donors (Lipinski definition) is 1. The number of piperidine rings is 1. The van der Waals surface area contributed by atoms with Crippen LogP contribution in [-0.2, 0) is 30.9 Å². The molecule has 148 valence electrons. The van der Waals surface area contributed by atoms with Crippen LogP contribution in [0.25, 0.3) is 5.69 Å². The minimum absolute atomic E-state index is 0.163. The van der Waals surface area contributed by atoms with Crippen molar-refractivity contribution in [3.05, 3.63) is 41.1 Å². The highest BCUT2D eigenvalue weighted by Crippen LogP contribution is 2.33. The summed E-state index contributed by atoms with van der Waals surface area (Å²) in [6.07, 6.45) is 2.82. The lowest BCUT2D eigenvalue weighted by molar-refractivity contribution is -0.143. The van der Waals surface area contributed by atoms with Crippen LogP contribution in [0.5, 0.6) is 0 Å². The molecule has 2 amide bonds. The Labute approximate surface area is 163 Å². The van der Waals surface area contributed by atoms with Crippen LogP contribution in [0.1, 0.15) is 36.1 Å². The molecule has 1 saturated heterocycles. The van der Waals surface area contributed by atoms with Gasteiger partial charge < -0.3 is 10.2 Å². The fourth-order valence-electron chi connectivity index (χ4n) is 3.75. The molecule has 9 heteroatoms. The maximum atomic E-state index is 12.6. The van der Waals surface area contributed by atoms with Gasteiger partial charge in [0.15, 0.2) is 9.84 Å². The van der Waals surface area contributed by atoms with Crippen molar-refractivity contribution in [1.82, 2.24) is 14.7 Å². The Bertz CT molecular complexity index is 1050. The number of amides is 2. The predicted molar refractivity (Wildman–Crippen MR) is 104 cm³/mol. The van der Waals surface area contributed by atoms with E-state index in [1.54, 1.807) is 4.90 Å². The van der Waals surface area contributed by atoms with Gasteiger partial charge in [0.1, 0.15) is 5.82 Å². The van der Waals surface area contributed by atoms with Gasteiger partial charge >= 0.3 is 11.8 Å². The number of fused-ring (bicyclic) bond motifs is 1. The van der Waals surface area contributed by atoms with Crippen molar-refractivity contribution in [2.75, 3.05) is 18.4 Å². The van der Waals surface area contributed by atoms with Gasteiger partial charge in [-0.25, -0.2) is 13.1 Å². The second-order valence-electron chi connectivity index (χ2n) is 7.31. The van der Waals surface area contributed by atoms with Gasteiger partial charge in [-0.05, 0) is 37.8 Å². The van der Waals surface area contributed by atoms with Crippen molar-refractivity contribution in [1.29, 1.82) is 0 Å². The third-order valence-corrected chi connectivity index (χ3v) is 6.64. The number of carbonyl (C=O) groups is 2. The lowest BCUT2D eigenvalue weighted by Crippen LogP contribution is -2.42. The number of aromatic nitrogens is 2. The van der Waals surface area contributed by atoms with Crippen molar-refractivity contribution in [2.45, 2.75) is 37.7 Å². The van der Waals surface area contributed by atoms with E-state index in [9.17, 15) is 18.0 Å². The first kappa shape index (κ1) is 18.7. The summed E-state index contributed by atoms with van der Waals surface area (Å²) in [5.74, 6) is -1.44. The molecule has 2 aliphatic heterocycles. The summed E-state index contributed by atoms with van der Waals surface area (Å²) in [6.45, 7) is 3.04. The van der Waals surface area contributed by atoms with E-state index in [0.717, 1.165) is 30.5 Å². The number of hydrogen-bond acceptors (Lipinski definition) is 5. The van der Waals surface area contributed by atoms with E-state index < -0.39 is 21.7 Å². The van der Waals surface area contributed by atoms with E-state index in [4.69, 9.17) is 0 Å². The number of nitrogens with zero attached hydrogens (tertiary/aromatic N) is 3. The molecule has 4 rings (SSSR count). The van der Waals surface area contributed by atoms with Gasteiger partial charge in [-0.15, -0.1) is 0 Å². The lowest BCUT2D eigenvalue weighted by atomic mass is 10.1. The predicted octanol–water partition coefficient (Wildman–Crippen LogP) is 1.56. The zero-order valence-corrected chi connectivity index (χ0v) is 16.5. The molecule has 0 unspecified atom stereocenters. The maximum Gasteiger partial charge on any atom is 0.315 e. The molecule has 1 aromatic heterocycles. The molecule has 3 heterocycles. The van der Waals surface area contributed by atoms with Crippen molar-refractivity contribution in [2.24, 2.45) is 0 Å². The summed E-state index contributed by atoms with van der Waals surface area (Å²) >= 11 is 0. The molecule has 0 saturated carbocycles. The van der Waals surface area contributed by atoms with Crippen LogP contribution < -0.4 is 5.32 Å². The lowest BCUT2D eigenvalue weighted by Gasteiger charge is -2.26. The quantitative estimate of drug-likeness (QED) is 0.768. The molecular formula is C19H22N4O4S. The molecule has 0 atom stereocenters. The first-order valence-corrected chi connectivity index (χ1v) is 11.2. The van der Waals surface area contributed by atoms with Crippen LogP contribution in [-0.4, -0.2) is 48.0 Å². The number of aryl methyl sites for hydroxylation is 1. The van der Waals surface area contributed by atoms with Crippen molar-refractivity contribution in [3.63, 3.8) is 0 Å². The van der Waals surface area contributed by atoms with Gasteiger partial charge in [-0.2, -0.15) is 5.10 Å². The monoisotopic (exact) mass is 402 g/mol. The molecule has 0 aliphatic carbocycles. The van der Waals surface area contributed by atoms with Crippen molar-refractivity contribution >= 4 is 27.5 Å². The average molecular weight is 402 g/mol. The molecule has 2 aromatic rings. The summed E-state index contributed by atoms with van der Waals surface area (Å²) in [5, 5.41) is 7.10. The summed E-state index contributed by atoms with van der Waals surface area (Å²) < 4.78 is 25.6. The molecule has 28 heavy (non-hydrogen) atoms. The number of para-hydroxylation sites is 1. The summed E-state index contributed by atoms with van der Waals surface area (Å²) in [5.41, 5.74) is 2.53. The highest BCUT2D eigenvalue weighted by atomic mass is 32.2. The minimum Gasteiger partial charge on any atom is -0.334 e. The smallest absolute Gasteiger partial charge is 0.315 e. The Balaban J connectivity index is 1.70. The van der Waals surface area contributed by atoms with Crippen LogP contribution in [0.2, 0.25) is 0 Å². The standard InChI is InChI=1S/C19H22N4O4S/c1-13-7-3-4-8-16(13)23-17(14-11-28(26,27)12-15(14)21-23)20-18(24)19(25)22-9-5-2-6-10-22/h3-4,7-8H,2,5-6,9-12H2,1H3,(H,20,24). The Morgan fingerprint density at radius 3 is 2.50 bits per heavy atom. The van der Waals surface area contributed by atoms with E-state index in [1.165, 1.54) is 4.68 Å². The van der Waals surface area contributed by atoms with Crippen molar-refractivity contribution < 1.29 is 18.0 Å². The fourth-order valence-corrected chi connectivity index (χ4v) is 5.24. The Morgan fingerprint density at radius 2 is 1.79 bits per heavy atom.